The lowest BCUT2D eigenvalue weighted by molar-refractivity contribution is 0.0724. The number of amides is 1. The molecule has 0 bridgehead atoms. The molecule has 2 heterocycles. The van der Waals surface area contributed by atoms with Crippen LogP contribution >= 0.6 is 0 Å². The third kappa shape index (κ3) is 2.99. The Balaban J connectivity index is 1.90. The molecule has 2 aliphatic rings. The molecule has 1 aliphatic heterocycles. The lowest BCUT2D eigenvalue weighted by Crippen LogP contribution is -2.41. The number of nitrogens with two attached hydrogens (primary N) is 1. The third-order valence-electron chi connectivity index (χ3n) is 5.12. The summed E-state index contributed by atoms with van der Waals surface area (Å²) in [5, 5.41) is 0. The molecule has 1 aliphatic carbocycles. The maximum Gasteiger partial charge on any atom is 0.284 e. The zero-order valence-corrected chi connectivity index (χ0v) is 14.7. The van der Waals surface area contributed by atoms with Gasteiger partial charge in [-0.3, -0.25) is 14.3 Å². The van der Waals surface area contributed by atoms with Crippen molar-refractivity contribution in [3.8, 4) is 5.69 Å². The van der Waals surface area contributed by atoms with E-state index in [0.29, 0.717) is 25.0 Å². The van der Waals surface area contributed by atoms with Crippen LogP contribution in [0, 0.1) is 5.82 Å². The summed E-state index contributed by atoms with van der Waals surface area (Å²) >= 11 is 0. The van der Waals surface area contributed by atoms with Crippen LogP contribution in [0.1, 0.15) is 28.9 Å². The van der Waals surface area contributed by atoms with Crippen molar-refractivity contribution < 1.29 is 13.6 Å². The third-order valence-corrected chi connectivity index (χ3v) is 5.12. The first-order chi connectivity index (χ1) is 13.0. The van der Waals surface area contributed by atoms with E-state index in [2.05, 4.69) is 0 Å². The molecule has 4 rings (SSSR count). The highest BCUT2D eigenvalue weighted by molar-refractivity contribution is 5.96. The molecule has 0 saturated heterocycles. The molecule has 1 amide bonds. The minimum absolute atomic E-state index is 0.0186. The van der Waals surface area contributed by atoms with Gasteiger partial charge in [-0.1, -0.05) is 6.07 Å². The number of benzene rings is 1. The molecule has 1 saturated carbocycles. The van der Waals surface area contributed by atoms with E-state index >= 15 is 0 Å². The second-order valence-electron chi connectivity index (χ2n) is 6.93. The van der Waals surface area contributed by atoms with Gasteiger partial charge in [-0.2, -0.15) is 0 Å². The van der Waals surface area contributed by atoms with Gasteiger partial charge in [0.05, 0.1) is 24.3 Å². The van der Waals surface area contributed by atoms with Crippen LogP contribution in [0.5, 0.6) is 0 Å². The lowest BCUT2D eigenvalue weighted by atomic mass is 10.1. The number of halogens is 2. The smallest absolute Gasteiger partial charge is 0.284 e. The summed E-state index contributed by atoms with van der Waals surface area (Å²) in [5.74, 6) is -0.803. The Kier molecular flexibility index (Phi) is 4.43. The number of carbonyl (C=O) groups excluding carboxylic acids is 1. The van der Waals surface area contributed by atoms with E-state index in [-0.39, 0.29) is 41.9 Å². The molecule has 2 N–H and O–H groups in total. The molecule has 8 heteroatoms. The van der Waals surface area contributed by atoms with Crippen LogP contribution in [0.3, 0.4) is 0 Å². The summed E-state index contributed by atoms with van der Waals surface area (Å²) in [6, 6.07) is 5.75. The van der Waals surface area contributed by atoms with E-state index in [1.165, 1.54) is 22.9 Å². The highest BCUT2D eigenvalue weighted by Gasteiger charge is 2.40. The number of fused-ring (bicyclic) bond motifs is 1. The first-order valence-corrected chi connectivity index (χ1v) is 8.95. The number of rotatable bonds is 5. The first kappa shape index (κ1) is 17.7. The molecule has 0 radical (unpaired) electrons. The van der Waals surface area contributed by atoms with Crippen molar-refractivity contribution in [2.75, 3.05) is 13.1 Å². The quantitative estimate of drug-likeness (QED) is 0.867. The van der Waals surface area contributed by atoms with Crippen molar-refractivity contribution >= 4 is 5.91 Å². The Morgan fingerprint density at radius 1 is 1.30 bits per heavy atom. The van der Waals surface area contributed by atoms with Crippen molar-refractivity contribution in [1.29, 1.82) is 0 Å². The van der Waals surface area contributed by atoms with Crippen LogP contribution in [-0.2, 0) is 13.0 Å². The minimum atomic E-state index is -0.513. The number of carbonyl (C=O) groups is 1. The van der Waals surface area contributed by atoms with E-state index in [4.69, 9.17) is 5.73 Å². The van der Waals surface area contributed by atoms with Gasteiger partial charge in [0.2, 0.25) is 0 Å². The summed E-state index contributed by atoms with van der Waals surface area (Å²) < 4.78 is 29.7. The van der Waals surface area contributed by atoms with Crippen LogP contribution in [0.2, 0.25) is 0 Å². The van der Waals surface area contributed by atoms with Gasteiger partial charge in [0, 0.05) is 25.6 Å². The fourth-order valence-electron chi connectivity index (χ4n) is 3.63. The molecule has 0 atom stereocenters. The van der Waals surface area contributed by atoms with E-state index < -0.39 is 11.4 Å². The summed E-state index contributed by atoms with van der Waals surface area (Å²) in [6.45, 7) is 0.508. The van der Waals surface area contributed by atoms with Crippen molar-refractivity contribution in [3.05, 3.63) is 63.6 Å². The van der Waals surface area contributed by atoms with E-state index in [1.54, 1.807) is 15.6 Å². The minimum Gasteiger partial charge on any atom is -0.335 e. The average Bonchev–Trinajstić information content (AvgIpc) is 3.45. The maximum absolute atomic E-state index is 13.8. The second-order valence-corrected chi connectivity index (χ2v) is 6.93. The second kappa shape index (κ2) is 6.77. The molecule has 27 heavy (non-hydrogen) atoms. The average molecular weight is 374 g/mol. The van der Waals surface area contributed by atoms with E-state index in [1.807, 2.05) is 0 Å². The van der Waals surface area contributed by atoms with E-state index in [0.717, 1.165) is 12.8 Å². The SMILES string of the molecule is NC/C(=C\F)Cn1c2c(c(=O)n1-c1cccc(F)c1)C(=O)N(C1CC1)CC2. The summed E-state index contributed by atoms with van der Waals surface area (Å²) in [4.78, 5) is 27.8. The lowest BCUT2D eigenvalue weighted by Gasteiger charge is -2.27. The van der Waals surface area contributed by atoms with Gasteiger partial charge in [-0.05, 0) is 36.6 Å². The molecular weight excluding hydrogens is 354 g/mol. The monoisotopic (exact) mass is 374 g/mol. The van der Waals surface area contributed by atoms with Gasteiger partial charge in [-0.15, -0.1) is 0 Å². The van der Waals surface area contributed by atoms with Crippen molar-refractivity contribution in [1.82, 2.24) is 14.3 Å². The van der Waals surface area contributed by atoms with Gasteiger partial charge in [0.1, 0.15) is 11.4 Å². The fourth-order valence-corrected chi connectivity index (χ4v) is 3.63. The first-order valence-electron chi connectivity index (χ1n) is 8.95. The summed E-state index contributed by atoms with van der Waals surface area (Å²) in [5.41, 5.74) is 6.26. The van der Waals surface area contributed by atoms with Gasteiger partial charge in [0.25, 0.3) is 11.5 Å². The van der Waals surface area contributed by atoms with Crippen LogP contribution in [0.15, 0.2) is 41.0 Å². The predicted octanol–water partition coefficient (Wildman–Crippen LogP) is 1.75. The Labute approximate surface area is 154 Å². The zero-order valence-electron chi connectivity index (χ0n) is 14.7. The number of hydrogen-bond acceptors (Lipinski definition) is 3. The molecule has 2 aromatic rings. The Morgan fingerprint density at radius 2 is 2.07 bits per heavy atom. The number of aromatic nitrogens is 2. The molecule has 142 valence electrons. The van der Waals surface area contributed by atoms with Gasteiger partial charge in [-0.25, -0.2) is 13.5 Å². The molecule has 0 unspecified atom stereocenters. The van der Waals surface area contributed by atoms with Crippen LogP contribution in [0.25, 0.3) is 5.69 Å². The van der Waals surface area contributed by atoms with Crippen LogP contribution in [0.4, 0.5) is 8.78 Å². The highest BCUT2D eigenvalue weighted by Crippen LogP contribution is 2.31. The number of nitrogens with zero attached hydrogens (tertiary/aromatic N) is 3. The van der Waals surface area contributed by atoms with Crippen LogP contribution in [-0.4, -0.2) is 39.3 Å². The van der Waals surface area contributed by atoms with Gasteiger partial charge < -0.3 is 10.6 Å². The topological polar surface area (TPSA) is 73.3 Å². The Bertz CT molecular complexity index is 988. The largest absolute Gasteiger partial charge is 0.335 e. The van der Waals surface area contributed by atoms with Crippen molar-refractivity contribution in [2.24, 2.45) is 5.73 Å². The number of hydrogen-bond donors (Lipinski definition) is 1. The summed E-state index contributed by atoms with van der Waals surface area (Å²) in [7, 11) is 0. The van der Waals surface area contributed by atoms with Crippen molar-refractivity contribution in [3.63, 3.8) is 0 Å². The highest BCUT2D eigenvalue weighted by atomic mass is 19.1. The molecule has 1 fully saturated rings. The molecule has 1 aromatic heterocycles. The molecular formula is C19H20F2N4O2. The molecule has 1 aromatic carbocycles. The standard InChI is InChI=1S/C19H20F2N4O2/c20-9-12(10-22)11-24-16-6-7-23(14-4-5-14)18(26)17(16)19(27)25(24)15-3-1-2-13(21)8-15/h1-3,8-9,14H,4-7,10-11,22H2/b12-9+. The normalized spacial score (nSPS) is 17.4. The molecule has 0 spiro atoms. The Hall–Kier alpha value is -2.74. The predicted molar refractivity (Wildman–Crippen MR) is 96.0 cm³/mol. The Morgan fingerprint density at radius 3 is 2.70 bits per heavy atom. The summed E-state index contributed by atoms with van der Waals surface area (Å²) in [6.07, 6.45) is 2.79. The fraction of sp³-hybridized carbons (Fsp3) is 0.368. The zero-order chi connectivity index (χ0) is 19.1. The van der Waals surface area contributed by atoms with Crippen molar-refractivity contribution in [2.45, 2.75) is 31.8 Å². The maximum atomic E-state index is 13.8. The van der Waals surface area contributed by atoms with Gasteiger partial charge >= 0.3 is 0 Å². The van der Waals surface area contributed by atoms with E-state index in [9.17, 15) is 18.4 Å². The van der Waals surface area contributed by atoms with Gasteiger partial charge in [0.15, 0.2) is 0 Å². The van der Waals surface area contributed by atoms with Crippen LogP contribution < -0.4 is 11.3 Å². The molecule has 6 nitrogen and oxygen atoms in total.